The zero-order chi connectivity index (χ0) is 20.9. The van der Waals surface area contributed by atoms with Gasteiger partial charge in [0.2, 0.25) is 0 Å². The molecule has 0 fully saturated rings. The maximum Gasteiger partial charge on any atom is 0.167 e. The van der Waals surface area contributed by atoms with Crippen LogP contribution in [0.1, 0.15) is 18.1 Å². The number of nitrogens with one attached hydrogen (secondary N) is 1. The number of anilines is 1. The number of ether oxygens (including phenoxy) is 1. The van der Waals surface area contributed by atoms with Gasteiger partial charge in [-0.25, -0.2) is 9.97 Å². The Morgan fingerprint density at radius 1 is 1.23 bits per heavy atom. The summed E-state index contributed by atoms with van der Waals surface area (Å²) in [6.07, 6.45) is 3.15. The number of hydrogen-bond acceptors (Lipinski definition) is 7. The molecule has 4 aromatic rings. The number of hydrazone groups is 1. The van der Waals surface area contributed by atoms with Crippen molar-refractivity contribution in [1.82, 2.24) is 9.97 Å². The molecular formula is C22H16BrN5OS. The van der Waals surface area contributed by atoms with Crippen molar-refractivity contribution >= 4 is 49.5 Å². The van der Waals surface area contributed by atoms with Gasteiger partial charge < -0.3 is 4.74 Å². The van der Waals surface area contributed by atoms with E-state index in [9.17, 15) is 5.26 Å². The molecule has 0 spiro atoms. The molecule has 0 saturated carbocycles. The van der Waals surface area contributed by atoms with Crippen LogP contribution in [0.3, 0.4) is 0 Å². The van der Waals surface area contributed by atoms with Gasteiger partial charge in [-0.2, -0.15) is 10.4 Å². The zero-order valence-electron chi connectivity index (χ0n) is 16.0. The summed E-state index contributed by atoms with van der Waals surface area (Å²) in [6.45, 7) is 2.48. The van der Waals surface area contributed by atoms with Crippen molar-refractivity contribution in [3.8, 4) is 22.3 Å². The molecule has 2 aromatic carbocycles. The largest absolute Gasteiger partial charge is 0.493 e. The van der Waals surface area contributed by atoms with Crippen molar-refractivity contribution in [2.24, 2.45) is 5.10 Å². The van der Waals surface area contributed by atoms with E-state index in [1.54, 1.807) is 6.21 Å². The van der Waals surface area contributed by atoms with Crippen molar-refractivity contribution in [3.63, 3.8) is 0 Å². The molecule has 2 aromatic heterocycles. The third-order valence-electron chi connectivity index (χ3n) is 4.25. The highest BCUT2D eigenvalue weighted by molar-refractivity contribution is 9.10. The molecule has 0 aliphatic carbocycles. The molecule has 4 rings (SSSR count). The van der Waals surface area contributed by atoms with Crippen LogP contribution in [0.2, 0.25) is 0 Å². The van der Waals surface area contributed by atoms with Crippen molar-refractivity contribution < 1.29 is 4.74 Å². The summed E-state index contributed by atoms with van der Waals surface area (Å²) in [4.78, 5) is 9.47. The minimum absolute atomic E-state index is 0.503. The lowest BCUT2D eigenvalue weighted by atomic mass is 10.1. The number of aromatic nitrogens is 2. The van der Waals surface area contributed by atoms with Crippen LogP contribution in [-0.4, -0.2) is 22.8 Å². The Balaban J connectivity index is 1.75. The number of para-hydroxylation sites is 1. The monoisotopic (exact) mass is 477 g/mol. The van der Waals surface area contributed by atoms with Gasteiger partial charge in [-0.05, 0) is 36.8 Å². The van der Waals surface area contributed by atoms with Gasteiger partial charge >= 0.3 is 0 Å². The predicted octanol–water partition coefficient (Wildman–Crippen LogP) is 5.84. The fraction of sp³-hybridized carbons (Fsp3) is 0.0909. The topological polar surface area (TPSA) is 83.2 Å². The molecule has 0 radical (unpaired) electrons. The maximum atomic E-state index is 9.83. The number of thiophene rings is 1. The van der Waals surface area contributed by atoms with Gasteiger partial charge in [0.25, 0.3) is 0 Å². The number of hydrogen-bond donors (Lipinski definition) is 1. The lowest BCUT2D eigenvalue weighted by Crippen LogP contribution is -1.95. The van der Waals surface area contributed by atoms with Crippen molar-refractivity contribution in [2.45, 2.75) is 6.92 Å². The third kappa shape index (κ3) is 4.03. The van der Waals surface area contributed by atoms with Gasteiger partial charge in [0.05, 0.1) is 28.0 Å². The zero-order valence-corrected chi connectivity index (χ0v) is 18.4. The lowest BCUT2D eigenvalue weighted by Gasteiger charge is -2.08. The summed E-state index contributed by atoms with van der Waals surface area (Å²) in [7, 11) is 0. The van der Waals surface area contributed by atoms with Gasteiger partial charge in [0.1, 0.15) is 23.7 Å². The predicted molar refractivity (Wildman–Crippen MR) is 124 cm³/mol. The SMILES string of the molecule is CCOc1ccccc1-c1sc2c(N/N=C/c3cccc(Br)c3)ncnc2c1C#N. The molecule has 0 aliphatic heterocycles. The van der Waals surface area contributed by atoms with Crippen molar-refractivity contribution in [1.29, 1.82) is 5.26 Å². The van der Waals surface area contributed by atoms with Crippen molar-refractivity contribution in [2.75, 3.05) is 12.0 Å². The molecule has 6 nitrogen and oxygen atoms in total. The molecule has 0 bridgehead atoms. The first kappa shape index (κ1) is 20.0. The molecule has 0 unspecified atom stereocenters. The molecule has 2 heterocycles. The quantitative estimate of drug-likeness (QED) is 0.278. The average Bonchev–Trinajstić information content (AvgIpc) is 3.14. The average molecular weight is 478 g/mol. The third-order valence-corrected chi connectivity index (χ3v) is 5.96. The summed E-state index contributed by atoms with van der Waals surface area (Å²) in [6, 6.07) is 17.8. The van der Waals surface area contributed by atoms with Crippen LogP contribution in [0.5, 0.6) is 5.75 Å². The Morgan fingerprint density at radius 2 is 2.10 bits per heavy atom. The van der Waals surface area contributed by atoms with Crippen LogP contribution >= 0.6 is 27.3 Å². The van der Waals surface area contributed by atoms with Gasteiger partial charge in [0, 0.05) is 10.0 Å². The second kappa shape index (κ2) is 9.03. The van der Waals surface area contributed by atoms with Gasteiger partial charge in [-0.3, -0.25) is 5.43 Å². The summed E-state index contributed by atoms with van der Waals surface area (Å²) < 4.78 is 7.50. The molecule has 8 heteroatoms. The Kier molecular flexibility index (Phi) is 6.02. The van der Waals surface area contributed by atoms with Gasteiger partial charge in [-0.15, -0.1) is 11.3 Å². The Labute approximate surface area is 186 Å². The molecule has 1 N–H and O–H groups in total. The van der Waals surface area contributed by atoms with Crippen LogP contribution in [-0.2, 0) is 0 Å². The smallest absolute Gasteiger partial charge is 0.167 e. The molecule has 30 heavy (non-hydrogen) atoms. The fourth-order valence-corrected chi connectivity index (χ4v) is 4.56. The maximum absolute atomic E-state index is 9.83. The van der Waals surface area contributed by atoms with Crippen LogP contribution in [0.25, 0.3) is 20.7 Å². The van der Waals surface area contributed by atoms with Gasteiger partial charge in [0.15, 0.2) is 5.82 Å². The number of rotatable bonds is 6. The van der Waals surface area contributed by atoms with E-state index in [-0.39, 0.29) is 0 Å². The number of nitriles is 1. The minimum Gasteiger partial charge on any atom is -0.493 e. The molecule has 0 aliphatic rings. The van der Waals surface area contributed by atoms with Crippen LogP contribution in [0, 0.1) is 11.3 Å². The van der Waals surface area contributed by atoms with E-state index in [0.29, 0.717) is 23.5 Å². The van der Waals surface area contributed by atoms with Crippen LogP contribution < -0.4 is 10.2 Å². The van der Waals surface area contributed by atoms with Crippen LogP contribution in [0.15, 0.2) is 64.4 Å². The van der Waals surface area contributed by atoms with E-state index in [1.807, 2.05) is 55.5 Å². The van der Waals surface area contributed by atoms with Crippen LogP contribution in [0.4, 0.5) is 5.82 Å². The first-order chi connectivity index (χ1) is 14.7. The standard InChI is InChI=1S/C22H16BrN5OS/c1-2-29-18-9-4-3-8-16(18)20-17(11-24)19-21(30-20)22(26-13-25-19)28-27-12-14-6-5-7-15(23)10-14/h3-10,12-13H,2H2,1H3,(H,25,26,28)/b27-12+. The molecule has 0 atom stereocenters. The van der Waals surface area contributed by atoms with E-state index >= 15 is 0 Å². The number of nitrogens with zero attached hydrogens (tertiary/aromatic N) is 4. The summed E-state index contributed by atoms with van der Waals surface area (Å²) in [5.74, 6) is 1.28. The molecular weight excluding hydrogens is 462 g/mol. The second-order valence-corrected chi connectivity index (χ2v) is 8.11. The van der Waals surface area contributed by atoms with E-state index in [0.717, 1.165) is 30.9 Å². The second-order valence-electron chi connectivity index (χ2n) is 6.17. The fourth-order valence-electron chi connectivity index (χ4n) is 2.97. The Bertz CT molecular complexity index is 1280. The first-order valence-electron chi connectivity index (χ1n) is 9.15. The number of fused-ring (bicyclic) bond motifs is 1. The van der Waals surface area contributed by atoms with E-state index in [4.69, 9.17) is 4.74 Å². The number of benzene rings is 2. The first-order valence-corrected chi connectivity index (χ1v) is 10.8. The highest BCUT2D eigenvalue weighted by atomic mass is 79.9. The normalized spacial score (nSPS) is 11.0. The molecule has 148 valence electrons. The molecule has 0 amide bonds. The lowest BCUT2D eigenvalue weighted by molar-refractivity contribution is 0.341. The highest BCUT2D eigenvalue weighted by Gasteiger charge is 2.20. The Hall–Kier alpha value is -3.28. The summed E-state index contributed by atoms with van der Waals surface area (Å²) in [5, 5.41) is 14.1. The Morgan fingerprint density at radius 3 is 2.90 bits per heavy atom. The van der Waals surface area contributed by atoms with E-state index < -0.39 is 0 Å². The molecule has 0 saturated heterocycles. The van der Waals surface area contributed by atoms with Gasteiger partial charge in [-0.1, -0.05) is 40.2 Å². The number of halogens is 1. The van der Waals surface area contributed by atoms with Crippen molar-refractivity contribution in [3.05, 3.63) is 70.5 Å². The highest BCUT2D eigenvalue weighted by Crippen LogP contribution is 2.43. The van der Waals surface area contributed by atoms with E-state index in [2.05, 4.69) is 42.5 Å². The van der Waals surface area contributed by atoms with E-state index in [1.165, 1.54) is 17.7 Å². The summed E-state index contributed by atoms with van der Waals surface area (Å²) >= 11 is 4.89. The minimum atomic E-state index is 0.503. The summed E-state index contributed by atoms with van der Waals surface area (Å²) in [5.41, 5.74) is 5.89.